The molecule has 1 N–H and O–H groups in total. The molecule has 4 rings (SSSR count). The quantitative estimate of drug-likeness (QED) is 0.730. The molecule has 0 saturated carbocycles. The second-order valence-electron chi connectivity index (χ2n) is 7.85. The Morgan fingerprint density at radius 2 is 2.11 bits per heavy atom. The van der Waals surface area contributed by atoms with Crippen LogP contribution in [-0.4, -0.2) is 51.2 Å². The van der Waals surface area contributed by atoms with Gasteiger partial charge < -0.3 is 10.2 Å². The minimum Gasteiger partial charge on any atom is -0.333 e. The van der Waals surface area contributed by atoms with Gasteiger partial charge in [-0.25, -0.2) is 9.67 Å². The lowest BCUT2D eigenvalue weighted by atomic mass is 10.0. The molecule has 1 atom stereocenters. The molecule has 1 aliphatic heterocycles. The molecule has 7 heteroatoms. The van der Waals surface area contributed by atoms with Gasteiger partial charge in [-0.3, -0.25) is 4.79 Å². The van der Waals surface area contributed by atoms with Gasteiger partial charge in [0.05, 0.1) is 22.8 Å². The number of amides is 1. The highest BCUT2D eigenvalue weighted by molar-refractivity contribution is 7.12. The lowest BCUT2D eigenvalue weighted by Crippen LogP contribution is -2.52. The molecule has 0 aromatic carbocycles. The highest BCUT2D eigenvalue weighted by Crippen LogP contribution is 2.33. The molecule has 0 radical (unpaired) electrons. The van der Waals surface area contributed by atoms with Crippen LogP contribution in [0.3, 0.4) is 0 Å². The number of pyridine rings is 1. The average molecular weight is 398 g/mol. The van der Waals surface area contributed by atoms with Crippen LogP contribution in [0.2, 0.25) is 0 Å². The molecule has 0 spiro atoms. The van der Waals surface area contributed by atoms with Crippen LogP contribution in [0.5, 0.6) is 0 Å². The van der Waals surface area contributed by atoms with E-state index < -0.39 is 0 Å². The van der Waals surface area contributed by atoms with Crippen molar-refractivity contribution in [3.63, 3.8) is 0 Å². The number of nitrogens with one attached hydrogen (secondary N) is 1. The van der Waals surface area contributed by atoms with E-state index in [4.69, 9.17) is 4.98 Å². The van der Waals surface area contributed by atoms with Gasteiger partial charge in [-0.1, -0.05) is 0 Å². The first-order valence-corrected chi connectivity index (χ1v) is 10.7. The molecule has 28 heavy (non-hydrogen) atoms. The Balaban J connectivity index is 1.91. The predicted molar refractivity (Wildman–Crippen MR) is 114 cm³/mol. The van der Waals surface area contributed by atoms with Crippen LogP contribution in [-0.2, 0) is 0 Å². The van der Waals surface area contributed by atoms with Gasteiger partial charge in [0, 0.05) is 47.0 Å². The highest BCUT2D eigenvalue weighted by Gasteiger charge is 2.27. The molecule has 0 bridgehead atoms. The molecule has 1 aliphatic rings. The van der Waals surface area contributed by atoms with Crippen molar-refractivity contribution in [2.75, 3.05) is 19.6 Å². The normalized spacial score (nSPS) is 17.6. The number of nitrogens with zero attached hydrogens (tertiary/aromatic N) is 4. The highest BCUT2D eigenvalue weighted by atomic mass is 32.1. The summed E-state index contributed by atoms with van der Waals surface area (Å²) in [5.41, 5.74) is 3.43. The third kappa shape index (κ3) is 3.22. The molecule has 6 nitrogen and oxygen atoms in total. The van der Waals surface area contributed by atoms with Crippen molar-refractivity contribution < 1.29 is 4.79 Å². The van der Waals surface area contributed by atoms with Crippen molar-refractivity contribution in [1.29, 1.82) is 0 Å². The summed E-state index contributed by atoms with van der Waals surface area (Å²) < 4.78 is 1.91. The Morgan fingerprint density at radius 1 is 1.32 bits per heavy atom. The first-order valence-electron chi connectivity index (χ1n) is 9.84. The molecule has 3 aromatic heterocycles. The molecule has 1 amide bonds. The van der Waals surface area contributed by atoms with Crippen LogP contribution in [0.15, 0.2) is 18.3 Å². The smallest absolute Gasteiger partial charge is 0.255 e. The third-order valence-corrected chi connectivity index (χ3v) is 6.33. The van der Waals surface area contributed by atoms with E-state index in [0.717, 1.165) is 35.4 Å². The second kappa shape index (κ2) is 7.29. The molecular weight excluding hydrogens is 370 g/mol. The number of aryl methyl sites for hydroxylation is 2. The molecule has 4 heterocycles. The number of rotatable bonds is 3. The summed E-state index contributed by atoms with van der Waals surface area (Å²) in [6.45, 7) is 12.8. The number of hydrogen-bond donors (Lipinski definition) is 1. The first kappa shape index (κ1) is 19.1. The van der Waals surface area contributed by atoms with Gasteiger partial charge in [-0.05, 0) is 46.8 Å². The molecule has 1 fully saturated rings. The van der Waals surface area contributed by atoms with E-state index in [1.807, 2.05) is 15.6 Å². The maximum atomic E-state index is 13.5. The molecule has 0 unspecified atom stereocenters. The Bertz CT molecular complexity index is 1040. The molecule has 3 aromatic rings. The monoisotopic (exact) mass is 397 g/mol. The summed E-state index contributed by atoms with van der Waals surface area (Å²) in [5, 5.41) is 8.72. The summed E-state index contributed by atoms with van der Waals surface area (Å²) in [7, 11) is 0. The van der Waals surface area contributed by atoms with Crippen LogP contribution >= 0.6 is 11.3 Å². The van der Waals surface area contributed by atoms with E-state index in [2.05, 4.69) is 51.1 Å². The molecular formula is C21H27N5OS. The van der Waals surface area contributed by atoms with E-state index in [0.29, 0.717) is 12.1 Å². The second-order valence-corrected chi connectivity index (χ2v) is 9.31. The number of hydrogen-bond acceptors (Lipinski definition) is 5. The standard InChI is InChI=1S/C21H27N5OS/c1-12(2)26-20-18(11-23-26)17(21(27)25-7-6-22-10-13(25)3)9-19(24-20)16-8-14(4)28-15(16)5/h8-9,11-13,22H,6-7,10H2,1-5H3/t13-/m0/s1. The fourth-order valence-electron chi connectivity index (χ4n) is 3.89. The summed E-state index contributed by atoms with van der Waals surface area (Å²) in [4.78, 5) is 22.9. The van der Waals surface area contributed by atoms with Crippen molar-refractivity contribution in [2.45, 2.75) is 46.7 Å². The van der Waals surface area contributed by atoms with Crippen molar-refractivity contribution in [3.05, 3.63) is 33.6 Å². The zero-order valence-corrected chi connectivity index (χ0v) is 17.9. The maximum absolute atomic E-state index is 13.5. The number of thiophene rings is 1. The number of aromatic nitrogens is 3. The summed E-state index contributed by atoms with van der Waals surface area (Å²) in [6.07, 6.45) is 1.79. The first-order chi connectivity index (χ1) is 13.4. The van der Waals surface area contributed by atoms with Gasteiger partial charge in [0.25, 0.3) is 5.91 Å². The van der Waals surface area contributed by atoms with Crippen molar-refractivity contribution >= 4 is 28.3 Å². The Labute approximate surface area is 169 Å². The van der Waals surface area contributed by atoms with E-state index in [9.17, 15) is 4.79 Å². The molecule has 0 aliphatic carbocycles. The van der Waals surface area contributed by atoms with E-state index in [1.54, 1.807) is 17.5 Å². The average Bonchev–Trinajstić information content (AvgIpc) is 3.23. The Kier molecular flexibility index (Phi) is 4.97. The van der Waals surface area contributed by atoms with Gasteiger partial charge in [0.15, 0.2) is 5.65 Å². The van der Waals surface area contributed by atoms with E-state index in [1.165, 1.54) is 9.75 Å². The topological polar surface area (TPSA) is 63.1 Å². The number of piperazine rings is 1. The van der Waals surface area contributed by atoms with Crippen LogP contribution in [0.1, 0.15) is 46.9 Å². The largest absolute Gasteiger partial charge is 0.333 e. The van der Waals surface area contributed by atoms with Crippen molar-refractivity contribution in [3.8, 4) is 11.3 Å². The lowest BCUT2D eigenvalue weighted by molar-refractivity contribution is 0.0658. The van der Waals surface area contributed by atoms with Gasteiger partial charge >= 0.3 is 0 Å². The lowest BCUT2D eigenvalue weighted by Gasteiger charge is -2.34. The fraction of sp³-hybridized carbons (Fsp3) is 0.476. The van der Waals surface area contributed by atoms with E-state index in [-0.39, 0.29) is 18.0 Å². The van der Waals surface area contributed by atoms with Crippen molar-refractivity contribution in [1.82, 2.24) is 25.0 Å². The summed E-state index contributed by atoms with van der Waals surface area (Å²) in [6, 6.07) is 4.46. The summed E-state index contributed by atoms with van der Waals surface area (Å²) in [5.74, 6) is 0.0653. The number of carbonyl (C=O) groups is 1. The minimum atomic E-state index is 0.0653. The van der Waals surface area contributed by atoms with Crippen molar-refractivity contribution in [2.24, 2.45) is 0 Å². The zero-order chi connectivity index (χ0) is 20.0. The van der Waals surface area contributed by atoms with Gasteiger partial charge in [-0.2, -0.15) is 5.10 Å². The minimum absolute atomic E-state index is 0.0653. The molecule has 1 saturated heterocycles. The Hall–Kier alpha value is -2.25. The molecule has 148 valence electrons. The van der Waals surface area contributed by atoms with E-state index >= 15 is 0 Å². The SMILES string of the molecule is Cc1cc(-c2cc(C(=O)N3CCNC[C@@H]3C)c3cnn(C(C)C)c3n2)c(C)s1. The van der Waals surface area contributed by atoms with Gasteiger partial charge in [0.2, 0.25) is 0 Å². The predicted octanol–water partition coefficient (Wildman–Crippen LogP) is 3.79. The fourth-order valence-corrected chi connectivity index (χ4v) is 4.83. The van der Waals surface area contributed by atoms with Gasteiger partial charge in [0.1, 0.15) is 0 Å². The van der Waals surface area contributed by atoms with Crippen LogP contribution < -0.4 is 5.32 Å². The third-order valence-electron chi connectivity index (χ3n) is 5.37. The van der Waals surface area contributed by atoms with Crippen LogP contribution in [0, 0.1) is 13.8 Å². The zero-order valence-electron chi connectivity index (χ0n) is 17.1. The summed E-state index contributed by atoms with van der Waals surface area (Å²) >= 11 is 1.76. The number of fused-ring (bicyclic) bond motifs is 1. The van der Waals surface area contributed by atoms with Gasteiger partial charge in [-0.15, -0.1) is 11.3 Å². The number of carbonyl (C=O) groups excluding carboxylic acids is 1. The van der Waals surface area contributed by atoms with Crippen LogP contribution in [0.4, 0.5) is 0 Å². The maximum Gasteiger partial charge on any atom is 0.255 e. The Morgan fingerprint density at radius 3 is 2.75 bits per heavy atom. The van der Waals surface area contributed by atoms with Crippen LogP contribution in [0.25, 0.3) is 22.3 Å².